The molecule has 0 aliphatic carbocycles. The van der Waals surface area contributed by atoms with Crippen LogP contribution in [0.25, 0.3) is 0 Å². The first kappa shape index (κ1) is 8.23. The standard InChI is InChI=1S/C9H13NOS/c1-11-5-7-6-12-9-4-10-3-2-8(7)9/h6,10H,2-5H2,1H3. The van der Waals surface area contributed by atoms with E-state index >= 15 is 0 Å². The first-order valence-electron chi connectivity index (χ1n) is 4.19. The Hall–Kier alpha value is -0.380. The lowest BCUT2D eigenvalue weighted by molar-refractivity contribution is 0.184. The van der Waals surface area contributed by atoms with Gasteiger partial charge >= 0.3 is 0 Å². The average molecular weight is 183 g/mol. The molecule has 0 atom stereocenters. The van der Waals surface area contributed by atoms with Gasteiger partial charge in [0.2, 0.25) is 0 Å². The predicted octanol–water partition coefficient (Wildman–Crippen LogP) is 1.54. The van der Waals surface area contributed by atoms with E-state index in [1.165, 1.54) is 16.0 Å². The van der Waals surface area contributed by atoms with Crippen LogP contribution in [0.3, 0.4) is 0 Å². The van der Waals surface area contributed by atoms with Crippen molar-refractivity contribution < 1.29 is 4.74 Å². The van der Waals surface area contributed by atoms with Crippen molar-refractivity contribution >= 4 is 11.3 Å². The van der Waals surface area contributed by atoms with Gasteiger partial charge in [0, 0.05) is 18.5 Å². The summed E-state index contributed by atoms with van der Waals surface area (Å²) in [5, 5.41) is 5.59. The Kier molecular flexibility index (Phi) is 2.44. The van der Waals surface area contributed by atoms with Gasteiger partial charge in [0.25, 0.3) is 0 Å². The van der Waals surface area contributed by atoms with E-state index in [2.05, 4.69) is 10.7 Å². The molecule has 0 saturated carbocycles. The van der Waals surface area contributed by atoms with Gasteiger partial charge in [-0.1, -0.05) is 0 Å². The van der Waals surface area contributed by atoms with Crippen LogP contribution in [0, 0.1) is 0 Å². The van der Waals surface area contributed by atoms with Gasteiger partial charge in [0.15, 0.2) is 0 Å². The van der Waals surface area contributed by atoms with E-state index in [9.17, 15) is 0 Å². The maximum atomic E-state index is 5.14. The van der Waals surface area contributed by atoms with Gasteiger partial charge in [0.05, 0.1) is 6.61 Å². The lowest BCUT2D eigenvalue weighted by Crippen LogP contribution is -2.22. The molecule has 0 unspecified atom stereocenters. The summed E-state index contributed by atoms with van der Waals surface area (Å²) in [4.78, 5) is 1.49. The summed E-state index contributed by atoms with van der Waals surface area (Å²) in [5.41, 5.74) is 2.92. The molecular weight excluding hydrogens is 170 g/mol. The number of rotatable bonds is 2. The quantitative estimate of drug-likeness (QED) is 0.751. The van der Waals surface area contributed by atoms with Crippen molar-refractivity contribution in [2.24, 2.45) is 0 Å². The molecule has 1 aromatic rings. The fourth-order valence-corrected chi connectivity index (χ4v) is 2.66. The normalized spacial score (nSPS) is 16.1. The minimum atomic E-state index is 0.770. The number of fused-ring (bicyclic) bond motifs is 1. The van der Waals surface area contributed by atoms with Crippen molar-refractivity contribution in [2.75, 3.05) is 13.7 Å². The molecule has 0 saturated heterocycles. The highest BCUT2D eigenvalue weighted by Crippen LogP contribution is 2.25. The third kappa shape index (κ3) is 1.40. The molecule has 2 heterocycles. The minimum absolute atomic E-state index is 0.770. The average Bonchev–Trinajstić information content (AvgIpc) is 2.50. The second-order valence-electron chi connectivity index (χ2n) is 3.02. The third-order valence-electron chi connectivity index (χ3n) is 2.20. The largest absolute Gasteiger partial charge is 0.380 e. The lowest BCUT2D eigenvalue weighted by Gasteiger charge is -2.13. The van der Waals surface area contributed by atoms with Crippen molar-refractivity contribution in [3.8, 4) is 0 Å². The van der Waals surface area contributed by atoms with Gasteiger partial charge in [-0.05, 0) is 29.5 Å². The number of thiophene rings is 1. The summed E-state index contributed by atoms with van der Waals surface area (Å²) in [7, 11) is 1.76. The highest BCUT2D eigenvalue weighted by atomic mass is 32.1. The summed E-state index contributed by atoms with van der Waals surface area (Å²) >= 11 is 1.85. The molecule has 0 bridgehead atoms. The Morgan fingerprint density at radius 1 is 1.67 bits per heavy atom. The minimum Gasteiger partial charge on any atom is -0.380 e. The van der Waals surface area contributed by atoms with Crippen LogP contribution in [0.4, 0.5) is 0 Å². The molecule has 1 aliphatic heterocycles. The molecule has 0 spiro atoms. The van der Waals surface area contributed by atoms with Gasteiger partial charge in [-0.25, -0.2) is 0 Å². The Bertz CT molecular complexity index is 269. The highest BCUT2D eigenvalue weighted by Gasteiger charge is 2.14. The van der Waals surface area contributed by atoms with Gasteiger partial charge in [0.1, 0.15) is 0 Å². The Morgan fingerprint density at radius 2 is 2.58 bits per heavy atom. The molecule has 66 valence electrons. The molecule has 1 N–H and O–H groups in total. The number of ether oxygens (including phenoxy) is 1. The summed E-state index contributed by atoms with van der Waals surface area (Å²) in [6.45, 7) is 2.93. The van der Waals surface area contributed by atoms with Crippen molar-refractivity contribution in [2.45, 2.75) is 19.6 Å². The summed E-state index contributed by atoms with van der Waals surface area (Å²) < 4.78 is 5.14. The van der Waals surface area contributed by atoms with Crippen molar-refractivity contribution in [1.29, 1.82) is 0 Å². The molecule has 2 nitrogen and oxygen atoms in total. The van der Waals surface area contributed by atoms with E-state index in [4.69, 9.17) is 4.74 Å². The fourth-order valence-electron chi connectivity index (χ4n) is 1.60. The zero-order chi connectivity index (χ0) is 8.39. The predicted molar refractivity (Wildman–Crippen MR) is 50.4 cm³/mol. The van der Waals surface area contributed by atoms with Crippen molar-refractivity contribution in [3.05, 3.63) is 21.4 Å². The van der Waals surface area contributed by atoms with E-state index in [1.54, 1.807) is 7.11 Å². The molecule has 3 heteroatoms. The molecule has 0 aromatic carbocycles. The third-order valence-corrected chi connectivity index (χ3v) is 3.28. The molecule has 0 fully saturated rings. The van der Waals surface area contributed by atoms with Crippen LogP contribution in [0.1, 0.15) is 16.0 Å². The van der Waals surface area contributed by atoms with Crippen LogP contribution in [0.2, 0.25) is 0 Å². The Balaban J connectivity index is 2.25. The highest BCUT2D eigenvalue weighted by molar-refractivity contribution is 7.10. The van der Waals surface area contributed by atoms with Crippen LogP contribution in [-0.2, 0) is 24.3 Å². The smallest absolute Gasteiger partial charge is 0.0723 e. The maximum Gasteiger partial charge on any atom is 0.0723 e. The molecular formula is C9H13NOS. The van der Waals surface area contributed by atoms with E-state index < -0.39 is 0 Å². The van der Waals surface area contributed by atoms with Gasteiger partial charge in [-0.3, -0.25) is 0 Å². The number of nitrogens with one attached hydrogen (secondary N) is 1. The van der Waals surface area contributed by atoms with Crippen LogP contribution < -0.4 is 5.32 Å². The van der Waals surface area contributed by atoms with Gasteiger partial charge < -0.3 is 10.1 Å². The Morgan fingerprint density at radius 3 is 3.42 bits per heavy atom. The van der Waals surface area contributed by atoms with Crippen LogP contribution in [-0.4, -0.2) is 13.7 Å². The Labute approximate surface area is 76.6 Å². The molecule has 0 amide bonds. The molecule has 2 rings (SSSR count). The SMILES string of the molecule is COCc1csc2c1CCNC2. The van der Waals surface area contributed by atoms with Gasteiger partial charge in [-0.15, -0.1) is 11.3 Å². The van der Waals surface area contributed by atoms with E-state index in [-0.39, 0.29) is 0 Å². The number of hydrogen-bond acceptors (Lipinski definition) is 3. The van der Waals surface area contributed by atoms with Crippen molar-refractivity contribution in [3.63, 3.8) is 0 Å². The zero-order valence-corrected chi connectivity index (χ0v) is 8.04. The van der Waals surface area contributed by atoms with Gasteiger partial charge in [-0.2, -0.15) is 0 Å². The second kappa shape index (κ2) is 3.56. The number of methoxy groups -OCH3 is 1. The molecule has 1 aliphatic rings. The molecule has 12 heavy (non-hydrogen) atoms. The van der Waals surface area contributed by atoms with Crippen LogP contribution in [0.15, 0.2) is 5.38 Å². The number of hydrogen-bond donors (Lipinski definition) is 1. The summed E-state index contributed by atoms with van der Waals surface area (Å²) in [6.07, 6.45) is 1.16. The second-order valence-corrected chi connectivity index (χ2v) is 3.99. The first-order chi connectivity index (χ1) is 5.92. The monoisotopic (exact) mass is 183 g/mol. The zero-order valence-electron chi connectivity index (χ0n) is 7.22. The fraction of sp³-hybridized carbons (Fsp3) is 0.556. The van der Waals surface area contributed by atoms with E-state index in [1.807, 2.05) is 11.3 Å². The van der Waals surface area contributed by atoms with Crippen molar-refractivity contribution in [1.82, 2.24) is 5.32 Å². The van der Waals surface area contributed by atoms with E-state index in [0.29, 0.717) is 0 Å². The topological polar surface area (TPSA) is 21.3 Å². The lowest BCUT2D eigenvalue weighted by atomic mass is 10.1. The summed E-state index contributed by atoms with van der Waals surface area (Å²) in [6, 6.07) is 0. The molecule has 1 aromatic heterocycles. The molecule has 0 radical (unpaired) electrons. The van der Waals surface area contributed by atoms with E-state index in [0.717, 1.165) is 26.1 Å². The maximum absolute atomic E-state index is 5.14. The van der Waals surface area contributed by atoms with Crippen LogP contribution in [0.5, 0.6) is 0 Å². The first-order valence-corrected chi connectivity index (χ1v) is 5.07. The summed E-state index contributed by atoms with van der Waals surface area (Å²) in [5.74, 6) is 0. The van der Waals surface area contributed by atoms with Crippen LogP contribution >= 0.6 is 11.3 Å².